The van der Waals surface area contributed by atoms with E-state index in [2.05, 4.69) is 19.2 Å². The van der Waals surface area contributed by atoms with Gasteiger partial charge in [-0.25, -0.2) is 4.79 Å². The largest absolute Gasteiger partial charge is 0.482 e. The molecule has 0 radical (unpaired) electrons. The van der Waals surface area contributed by atoms with Crippen molar-refractivity contribution >= 4 is 40.8 Å². The zero-order chi connectivity index (χ0) is 19.1. The van der Waals surface area contributed by atoms with Crippen LogP contribution in [0.4, 0.5) is 5.69 Å². The second kappa shape index (κ2) is 9.46. The van der Waals surface area contributed by atoms with Crippen LogP contribution in [0.5, 0.6) is 5.75 Å². The van der Waals surface area contributed by atoms with Gasteiger partial charge in [0, 0.05) is 0 Å². The second-order valence-corrected chi connectivity index (χ2v) is 6.63. The van der Waals surface area contributed by atoms with Crippen LogP contribution < -0.4 is 10.1 Å². The summed E-state index contributed by atoms with van der Waals surface area (Å²) in [6.45, 7) is 3.43. The number of anilines is 1. The van der Waals surface area contributed by atoms with Gasteiger partial charge in [-0.2, -0.15) is 0 Å². The van der Waals surface area contributed by atoms with Crippen LogP contribution in [-0.4, -0.2) is 25.1 Å². The summed E-state index contributed by atoms with van der Waals surface area (Å²) in [6.07, 6.45) is 0. The number of nitrogens with one attached hydrogen (secondary N) is 1. The molecular weight excluding hydrogens is 377 g/mol. The van der Waals surface area contributed by atoms with Gasteiger partial charge in [0.15, 0.2) is 13.2 Å². The maximum Gasteiger partial charge on any atom is 0.344 e. The first-order valence-electron chi connectivity index (χ1n) is 7.99. The van der Waals surface area contributed by atoms with Gasteiger partial charge in [-0.05, 0) is 35.7 Å². The van der Waals surface area contributed by atoms with Crippen LogP contribution in [0.3, 0.4) is 0 Å². The lowest BCUT2D eigenvalue weighted by molar-refractivity contribution is -0.149. The van der Waals surface area contributed by atoms with E-state index < -0.39 is 18.5 Å². The maximum atomic E-state index is 11.9. The zero-order valence-electron chi connectivity index (χ0n) is 14.4. The van der Waals surface area contributed by atoms with Crippen molar-refractivity contribution in [3.05, 3.63) is 58.1 Å². The summed E-state index contributed by atoms with van der Waals surface area (Å²) in [5.41, 5.74) is 1.45. The van der Waals surface area contributed by atoms with Gasteiger partial charge in [0.1, 0.15) is 5.75 Å². The highest BCUT2D eigenvalue weighted by Crippen LogP contribution is 2.29. The number of esters is 1. The van der Waals surface area contributed by atoms with E-state index in [4.69, 9.17) is 32.7 Å². The number of amides is 1. The molecular formula is C19H19Cl2NO4. The fourth-order valence-corrected chi connectivity index (χ4v) is 2.56. The molecule has 1 amide bonds. The predicted octanol–water partition coefficient (Wildman–Crippen LogP) is 4.68. The quantitative estimate of drug-likeness (QED) is 0.691. The van der Waals surface area contributed by atoms with Gasteiger partial charge >= 0.3 is 5.97 Å². The monoisotopic (exact) mass is 395 g/mol. The van der Waals surface area contributed by atoms with E-state index in [1.54, 1.807) is 30.3 Å². The number of para-hydroxylation sites is 1. The number of carbonyl (C=O) groups excluding carboxylic acids is 2. The normalized spacial score (nSPS) is 10.5. The van der Waals surface area contributed by atoms with Gasteiger partial charge in [0.2, 0.25) is 0 Å². The van der Waals surface area contributed by atoms with Gasteiger partial charge in [-0.1, -0.05) is 55.2 Å². The number of ether oxygens (including phenoxy) is 2. The smallest absolute Gasteiger partial charge is 0.344 e. The van der Waals surface area contributed by atoms with E-state index in [1.807, 2.05) is 12.1 Å². The number of hydrogen-bond donors (Lipinski definition) is 1. The Balaban J connectivity index is 1.77. The number of hydrogen-bond acceptors (Lipinski definition) is 4. The first-order chi connectivity index (χ1) is 12.4. The Kier molecular flexibility index (Phi) is 7.30. The van der Waals surface area contributed by atoms with Gasteiger partial charge in [-0.3, -0.25) is 4.79 Å². The average Bonchev–Trinajstić information content (AvgIpc) is 2.61. The molecule has 0 fully saturated rings. The van der Waals surface area contributed by atoms with Crippen LogP contribution in [0.1, 0.15) is 25.3 Å². The molecule has 5 nitrogen and oxygen atoms in total. The molecule has 0 aliphatic rings. The molecule has 1 N–H and O–H groups in total. The first-order valence-corrected chi connectivity index (χ1v) is 8.74. The standard InChI is InChI=1S/C19H19Cl2NO4/c1-12(2)13-6-8-14(9-7-13)25-11-18(24)26-10-17(23)22-19-15(20)4-3-5-16(19)21/h3-9,12H,10-11H2,1-2H3,(H,22,23). The van der Waals surface area contributed by atoms with E-state index in [1.165, 1.54) is 5.56 Å². The minimum absolute atomic E-state index is 0.276. The van der Waals surface area contributed by atoms with Gasteiger partial charge in [0.25, 0.3) is 5.91 Å². The number of rotatable bonds is 7. The summed E-state index contributed by atoms with van der Waals surface area (Å²) >= 11 is 11.9. The van der Waals surface area contributed by atoms with Crippen molar-refractivity contribution in [1.82, 2.24) is 0 Å². The van der Waals surface area contributed by atoms with E-state index in [0.29, 0.717) is 21.7 Å². The number of halogens is 2. The predicted molar refractivity (Wildman–Crippen MR) is 102 cm³/mol. The van der Waals surface area contributed by atoms with Crippen molar-refractivity contribution in [1.29, 1.82) is 0 Å². The first kappa shape index (κ1) is 20.1. The van der Waals surface area contributed by atoms with Crippen molar-refractivity contribution in [2.24, 2.45) is 0 Å². The Bertz CT molecular complexity index is 755. The molecule has 0 aliphatic heterocycles. The van der Waals surface area contributed by atoms with Crippen molar-refractivity contribution in [2.75, 3.05) is 18.5 Å². The molecule has 0 heterocycles. The Morgan fingerprint density at radius 1 is 1.00 bits per heavy atom. The van der Waals surface area contributed by atoms with E-state index >= 15 is 0 Å². The third-order valence-electron chi connectivity index (χ3n) is 3.49. The third-order valence-corrected chi connectivity index (χ3v) is 4.12. The summed E-state index contributed by atoms with van der Waals surface area (Å²) < 4.78 is 10.2. The highest BCUT2D eigenvalue weighted by atomic mass is 35.5. The van der Waals surface area contributed by atoms with Crippen LogP contribution in [0.15, 0.2) is 42.5 Å². The second-order valence-electron chi connectivity index (χ2n) is 5.82. The molecule has 7 heteroatoms. The third kappa shape index (κ3) is 5.93. The Labute approximate surface area is 162 Å². The molecule has 0 aromatic heterocycles. The van der Waals surface area contributed by atoms with E-state index in [9.17, 15) is 9.59 Å². The lowest BCUT2D eigenvalue weighted by Gasteiger charge is -2.10. The summed E-state index contributed by atoms with van der Waals surface area (Å²) in [6, 6.07) is 12.3. The molecule has 0 saturated heterocycles. The molecule has 2 rings (SSSR count). The van der Waals surface area contributed by atoms with Crippen LogP contribution in [0.25, 0.3) is 0 Å². The summed E-state index contributed by atoms with van der Waals surface area (Å²) in [5.74, 6) is -0.231. The topological polar surface area (TPSA) is 64.6 Å². The molecule has 2 aromatic rings. The molecule has 0 unspecified atom stereocenters. The van der Waals surface area contributed by atoms with Crippen molar-refractivity contribution in [3.8, 4) is 5.75 Å². The van der Waals surface area contributed by atoms with Crippen molar-refractivity contribution in [2.45, 2.75) is 19.8 Å². The lowest BCUT2D eigenvalue weighted by Crippen LogP contribution is -2.23. The zero-order valence-corrected chi connectivity index (χ0v) is 15.9. The number of carbonyl (C=O) groups is 2. The summed E-state index contributed by atoms with van der Waals surface area (Å²) in [7, 11) is 0. The van der Waals surface area contributed by atoms with Crippen LogP contribution >= 0.6 is 23.2 Å². The van der Waals surface area contributed by atoms with Crippen molar-refractivity contribution < 1.29 is 19.1 Å². The van der Waals surface area contributed by atoms with Gasteiger partial charge in [0.05, 0.1) is 15.7 Å². The fraction of sp³-hybridized carbons (Fsp3) is 0.263. The van der Waals surface area contributed by atoms with E-state index in [-0.39, 0.29) is 12.3 Å². The molecule has 0 atom stereocenters. The lowest BCUT2D eigenvalue weighted by atomic mass is 10.0. The minimum atomic E-state index is -0.654. The molecule has 0 bridgehead atoms. The molecule has 26 heavy (non-hydrogen) atoms. The molecule has 0 aliphatic carbocycles. The van der Waals surface area contributed by atoms with E-state index in [0.717, 1.165) is 0 Å². The maximum absolute atomic E-state index is 11.9. The average molecular weight is 396 g/mol. The van der Waals surface area contributed by atoms with Crippen LogP contribution in [0.2, 0.25) is 10.0 Å². The molecule has 0 spiro atoms. The molecule has 0 saturated carbocycles. The Morgan fingerprint density at radius 3 is 2.19 bits per heavy atom. The molecule has 138 valence electrons. The summed E-state index contributed by atoms with van der Waals surface area (Å²) in [4.78, 5) is 23.6. The molecule has 2 aromatic carbocycles. The number of benzene rings is 2. The van der Waals surface area contributed by atoms with Crippen molar-refractivity contribution in [3.63, 3.8) is 0 Å². The van der Waals surface area contributed by atoms with Crippen LogP contribution in [0, 0.1) is 0 Å². The van der Waals surface area contributed by atoms with Gasteiger partial charge in [-0.15, -0.1) is 0 Å². The van der Waals surface area contributed by atoms with Gasteiger partial charge < -0.3 is 14.8 Å². The SMILES string of the molecule is CC(C)c1ccc(OCC(=O)OCC(=O)Nc2c(Cl)cccc2Cl)cc1. The van der Waals surface area contributed by atoms with Crippen LogP contribution in [-0.2, 0) is 14.3 Å². The highest BCUT2D eigenvalue weighted by molar-refractivity contribution is 6.39. The summed E-state index contributed by atoms with van der Waals surface area (Å²) in [5, 5.41) is 3.10. The highest BCUT2D eigenvalue weighted by Gasteiger charge is 2.12. The Hall–Kier alpha value is -2.24. The minimum Gasteiger partial charge on any atom is -0.482 e. The Morgan fingerprint density at radius 2 is 1.62 bits per heavy atom. The fourth-order valence-electron chi connectivity index (χ4n) is 2.07.